The first kappa shape index (κ1) is 16.5. The molecule has 0 bridgehead atoms. The minimum atomic E-state index is 0.365. The standard InChI is InChI=1S/C20H33N/c1-16(2)14-21-15-20(11-7-5-6-8-12-20)19-10-9-17(3)18(4)13-19/h9-10,13,16,21H,5-8,11-12,14-15H2,1-4H3. The quantitative estimate of drug-likeness (QED) is 0.739. The highest BCUT2D eigenvalue weighted by Gasteiger charge is 2.32. The summed E-state index contributed by atoms with van der Waals surface area (Å²) in [6.07, 6.45) is 8.29. The van der Waals surface area contributed by atoms with E-state index in [0.29, 0.717) is 5.41 Å². The predicted molar refractivity (Wildman–Crippen MR) is 93.0 cm³/mol. The normalized spacial score (nSPS) is 18.7. The average Bonchev–Trinajstić information content (AvgIpc) is 2.68. The molecule has 1 saturated carbocycles. The van der Waals surface area contributed by atoms with Gasteiger partial charge in [0.2, 0.25) is 0 Å². The molecule has 1 aromatic carbocycles. The van der Waals surface area contributed by atoms with Crippen molar-refractivity contribution in [3.8, 4) is 0 Å². The third-order valence-corrected chi connectivity index (χ3v) is 5.20. The van der Waals surface area contributed by atoms with Crippen LogP contribution >= 0.6 is 0 Å². The number of hydrogen-bond acceptors (Lipinski definition) is 1. The van der Waals surface area contributed by atoms with E-state index in [1.54, 1.807) is 5.56 Å². The molecular formula is C20H33N. The summed E-state index contributed by atoms with van der Waals surface area (Å²) >= 11 is 0. The van der Waals surface area contributed by atoms with Crippen LogP contribution < -0.4 is 5.32 Å². The number of rotatable bonds is 5. The zero-order valence-electron chi connectivity index (χ0n) is 14.5. The SMILES string of the molecule is Cc1ccc(C2(CNCC(C)C)CCCCCC2)cc1C. The van der Waals surface area contributed by atoms with E-state index in [-0.39, 0.29) is 0 Å². The van der Waals surface area contributed by atoms with Gasteiger partial charge in [0.25, 0.3) is 0 Å². The van der Waals surface area contributed by atoms with Crippen molar-refractivity contribution in [2.45, 2.75) is 71.6 Å². The number of hydrogen-bond donors (Lipinski definition) is 1. The molecular weight excluding hydrogens is 254 g/mol. The molecule has 0 unspecified atom stereocenters. The molecule has 1 heteroatoms. The molecule has 1 aromatic rings. The maximum absolute atomic E-state index is 3.76. The fraction of sp³-hybridized carbons (Fsp3) is 0.700. The van der Waals surface area contributed by atoms with Crippen molar-refractivity contribution in [2.75, 3.05) is 13.1 Å². The lowest BCUT2D eigenvalue weighted by Gasteiger charge is -2.35. The summed E-state index contributed by atoms with van der Waals surface area (Å²) in [7, 11) is 0. The molecule has 1 fully saturated rings. The Bertz CT molecular complexity index is 439. The van der Waals surface area contributed by atoms with Crippen molar-refractivity contribution in [2.24, 2.45) is 5.92 Å². The van der Waals surface area contributed by atoms with Gasteiger partial charge in [0.1, 0.15) is 0 Å². The van der Waals surface area contributed by atoms with Crippen molar-refractivity contribution in [1.82, 2.24) is 5.32 Å². The van der Waals surface area contributed by atoms with Gasteiger partial charge in [-0.1, -0.05) is 57.7 Å². The first-order chi connectivity index (χ1) is 10.0. The Hall–Kier alpha value is -0.820. The Morgan fingerprint density at radius 3 is 2.24 bits per heavy atom. The lowest BCUT2D eigenvalue weighted by atomic mass is 9.73. The van der Waals surface area contributed by atoms with Gasteiger partial charge in [0.15, 0.2) is 0 Å². The average molecular weight is 287 g/mol. The molecule has 118 valence electrons. The van der Waals surface area contributed by atoms with Crippen molar-refractivity contribution in [1.29, 1.82) is 0 Å². The van der Waals surface area contributed by atoms with E-state index in [9.17, 15) is 0 Å². The van der Waals surface area contributed by atoms with Crippen LogP contribution in [0.15, 0.2) is 18.2 Å². The fourth-order valence-electron chi connectivity index (χ4n) is 3.64. The molecule has 1 aliphatic rings. The van der Waals surface area contributed by atoms with E-state index in [1.807, 2.05) is 0 Å². The van der Waals surface area contributed by atoms with Crippen molar-refractivity contribution >= 4 is 0 Å². The summed E-state index contributed by atoms with van der Waals surface area (Å²) in [6.45, 7) is 11.3. The Morgan fingerprint density at radius 1 is 1.00 bits per heavy atom. The molecule has 0 saturated heterocycles. The maximum atomic E-state index is 3.76. The third kappa shape index (κ3) is 4.32. The molecule has 1 nitrogen and oxygen atoms in total. The second-order valence-corrected chi connectivity index (χ2v) is 7.52. The molecule has 1 aliphatic carbocycles. The largest absolute Gasteiger partial charge is 0.316 e. The smallest absolute Gasteiger partial charge is 0.00778 e. The number of aryl methyl sites for hydroxylation is 2. The minimum Gasteiger partial charge on any atom is -0.316 e. The van der Waals surface area contributed by atoms with Gasteiger partial charge in [0.05, 0.1) is 0 Å². The summed E-state index contributed by atoms with van der Waals surface area (Å²) in [5, 5.41) is 3.76. The second kappa shape index (κ2) is 7.45. The molecule has 2 rings (SSSR count). The monoisotopic (exact) mass is 287 g/mol. The lowest BCUT2D eigenvalue weighted by molar-refractivity contribution is 0.339. The molecule has 0 atom stereocenters. The predicted octanol–water partition coefficient (Wildman–Crippen LogP) is 5.14. The van der Waals surface area contributed by atoms with Gasteiger partial charge in [0, 0.05) is 12.0 Å². The summed E-state index contributed by atoms with van der Waals surface area (Å²) in [6, 6.07) is 7.17. The summed E-state index contributed by atoms with van der Waals surface area (Å²) in [5.74, 6) is 0.729. The highest BCUT2D eigenvalue weighted by molar-refractivity contribution is 5.35. The van der Waals surface area contributed by atoms with E-state index in [2.05, 4.69) is 51.2 Å². The van der Waals surface area contributed by atoms with Gasteiger partial charge in [-0.2, -0.15) is 0 Å². The minimum absolute atomic E-state index is 0.365. The van der Waals surface area contributed by atoms with Crippen molar-refractivity contribution in [3.05, 3.63) is 34.9 Å². The van der Waals surface area contributed by atoms with E-state index >= 15 is 0 Å². The molecule has 21 heavy (non-hydrogen) atoms. The zero-order valence-corrected chi connectivity index (χ0v) is 14.5. The van der Waals surface area contributed by atoms with Gasteiger partial charge < -0.3 is 5.32 Å². The van der Waals surface area contributed by atoms with Gasteiger partial charge in [-0.25, -0.2) is 0 Å². The first-order valence-corrected chi connectivity index (χ1v) is 8.82. The molecule has 0 aromatic heterocycles. The molecule has 0 amide bonds. The fourth-order valence-corrected chi connectivity index (χ4v) is 3.64. The van der Waals surface area contributed by atoms with Crippen molar-refractivity contribution in [3.63, 3.8) is 0 Å². The van der Waals surface area contributed by atoms with E-state index in [4.69, 9.17) is 0 Å². The van der Waals surface area contributed by atoms with Crippen LogP contribution in [0.25, 0.3) is 0 Å². The number of nitrogens with one attached hydrogen (secondary N) is 1. The molecule has 0 spiro atoms. The van der Waals surface area contributed by atoms with Crippen LogP contribution in [0.3, 0.4) is 0 Å². The Labute approximate surface area is 131 Å². The van der Waals surface area contributed by atoms with Crippen LogP contribution in [0.5, 0.6) is 0 Å². The Balaban J connectivity index is 2.22. The van der Waals surface area contributed by atoms with Gasteiger partial charge in [-0.3, -0.25) is 0 Å². The second-order valence-electron chi connectivity index (χ2n) is 7.52. The number of benzene rings is 1. The highest BCUT2D eigenvalue weighted by atomic mass is 14.9. The molecule has 0 aliphatic heterocycles. The first-order valence-electron chi connectivity index (χ1n) is 8.82. The lowest BCUT2D eigenvalue weighted by Crippen LogP contribution is -2.39. The highest BCUT2D eigenvalue weighted by Crippen LogP contribution is 2.38. The van der Waals surface area contributed by atoms with Gasteiger partial charge in [-0.05, 0) is 55.8 Å². The van der Waals surface area contributed by atoms with Crippen LogP contribution in [-0.4, -0.2) is 13.1 Å². The van der Waals surface area contributed by atoms with Crippen LogP contribution in [0.1, 0.15) is 69.1 Å². The van der Waals surface area contributed by atoms with Crippen LogP contribution in [0.2, 0.25) is 0 Å². The van der Waals surface area contributed by atoms with E-state index in [0.717, 1.165) is 19.0 Å². The third-order valence-electron chi connectivity index (χ3n) is 5.20. The summed E-state index contributed by atoms with van der Waals surface area (Å²) in [4.78, 5) is 0. The molecule has 1 N–H and O–H groups in total. The van der Waals surface area contributed by atoms with E-state index < -0.39 is 0 Å². The Morgan fingerprint density at radius 2 is 1.67 bits per heavy atom. The summed E-state index contributed by atoms with van der Waals surface area (Å²) in [5.41, 5.74) is 4.80. The maximum Gasteiger partial charge on any atom is 0.00778 e. The van der Waals surface area contributed by atoms with Crippen LogP contribution in [0.4, 0.5) is 0 Å². The van der Waals surface area contributed by atoms with Gasteiger partial charge >= 0.3 is 0 Å². The molecule has 0 heterocycles. The topological polar surface area (TPSA) is 12.0 Å². The van der Waals surface area contributed by atoms with Crippen molar-refractivity contribution < 1.29 is 0 Å². The van der Waals surface area contributed by atoms with Crippen LogP contribution in [-0.2, 0) is 5.41 Å². The zero-order chi connectivity index (χ0) is 15.3. The Kier molecular flexibility index (Phi) is 5.87. The van der Waals surface area contributed by atoms with E-state index in [1.165, 1.54) is 49.7 Å². The molecule has 0 radical (unpaired) electrons. The summed E-state index contributed by atoms with van der Waals surface area (Å²) < 4.78 is 0. The van der Waals surface area contributed by atoms with Crippen LogP contribution in [0, 0.1) is 19.8 Å². The van der Waals surface area contributed by atoms with Gasteiger partial charge in [-0.15, -0.1) is 0 Å².